The highest BCUT2D eigenvalue weighted by Crippen LogP contribution is 2.12. The van der Waals surface area contributed by atoms with Crippen molar-refractivity contribution in [2.24, 2.45) is 0 Å². The Bertz CT molecular complexity index is 147. The van der Waals surface area contributed by atoms with Crippen LogP contribution in [0.5, 0.6) is 0 Å². The first-order valence-electron chi connectivity index (χ1n) is 4.91. The van der Waals surface area contributed by atoms with Crippen LogP contribution in [-0.4, -0.2) is 50.0 Å². The van der Waals surface area contributed by atoms with Gasteiger partial charge in [0.2, 0.25) is 0 Å². The molecule has 1 saturated heterocycles. The van der Waals surface area contributed by atoms with E-state index in [1.54, 1.807) is 0 Å². The monoisotopic (exact) mass is 187 g/mol. The smallest absolute Gasteiger partial charge is 0.0936 e. The minimum atomic E-state index is 0.209. The largest absolute Gasteiger partial charge is 0.376 e. The number of rotatable bonds is 2. The minimum absolute atomic E-state index is 0.209. The molecule has 0 aromatic carbocycles. The molecule has 0 N–H and O–H groups in total. The first-order chi connectivity index (χ1) is 6.00. The van der Waals surface area contributed by atoms with Crippen LogP contribution in [0, 0.1) is 0 Å². The average molecular weight is 187 g/mol. The van der Waals surface area contributed by atoms with E-state index in [4.69, 9.17) is 9.47 Å². The fourth-order valence-corrected chi connectivity index (χ4v) is 1.22. The molecule has 0 aliphatic carbocycles. The zero-order chi connectivity index (χ0) is 9.90. The molecule has 3 heteroatoms. The third-order valence-electron chi connectivity index (χ3n) is 2.51. The molecule has 1 fully saturated rings. The maximum atomic E-state index is 5.58. The van der Waals surface area contributed by atoms with Crippen molar-refractivity contribution in [2.45, 2.75) is 32.4 Å². The lowest BCUT2D eigenvalue weighted by molar-refractivity contribution is -0.101. The topological polar surface area (TPSA) is 21.7 Å². The van der Waals surface area contributed by atoms with E-state index in [1.807, 2.05) is 0 Å². The SMILES string of the molecule is CN(CC1COCCO1)C(C)(C)C. The van der Waals surface area contributed by atoms with E-state index in [2.05, 4.69) is 32.7 Å². The van der Waals surface area contributed by atoms with Crippen LogP contribution < -0.4 is 0 Å². The molecule has 1 unspecified atom stereocenters. The number of ether oxygens (including phenoxy) is 2. The van der Waals surface area contributed by atoms with Gasteiger partial charge in [0.05, 0.1) is 25.9 Å². The molecular formula is C10H21NO2. The molecule has 1 rings (SSSR count). The lowest BCUT2D eigenvalue weighted by Crippen LogP contribution is -2.46. The molecule has 0 aromatic heterocycles. The summed E-state index contributed by atoms with van der Waals surface area (Å²) < 4.78 is 10.9. The van der Waals surface area contributed by atoms with Gasteiger partial charge in [-0.1, -0.05) is 0 Å². The molecule has 0 spiro atoms. The summed E-state index contributed by atoms with van der Waals surface area (Å²) >= 11 is 0. The zero-order valence-corrected chi connectivity index (χ0v) is 9.17. The second-order valence-electron chi connectivity index (χ2n) is 4.62. The molecule has 1 aliphatic heterocycles. The maximum Gasteiger partial charge on any atom is 0.0936 e. The summed E-state index contributed by atoms with van der Waals surface area (Å²) in [4.78, 5) is 2.30. The van der Waals surface area contributed by atoms with Gasteiger partial charge in [0.25, 0.3) is 0 Å². The van der Waals surface area contributed by atoms with Crippen LogP contribution in [0.15, 0.2) is 0 Å². The predicted molar refractivity (Wildman–Crippen MR) is 52.9 cm³/mol. The van der Waals surface area contributed by atoms with Crippen LogP contribution in [0.3, 0.4) is 0 Å². The second-order valence-corrected chi connectivity index (χ2v) is 4.62. The Balaban J connectivity index is 2.30. The van der Waals surface area contributed by atoms with Crippen molar-refractivity contribution in [2.75, 3.05) is 33.4 Å². The van der Waals surface area contributed by atoms with Crippen LogP contribution in [0.2, 0.25) is 0 Å². The molecule has 3 nitrogen and oxygen atoms in total. The first kappa shape index (κ1) is 11.0. The van der Waals surface area contributed by atoms with E-state index in [-0.39, 0.29) is 11.6 Å². The van der Waals surface area contributed by atoms with Crippen molar-refractivity contribution < 1.29 is 9.47 Å². The van der Waals surface area contributed by atoms with E-state index in [0.717, 1.165) is 26.4 Å². The summed E-state index contributed by atoms with van der Waals surface area (Å²) in [5, 5.41) is 0. The van der Waals surface area contributed by atoms with E-state index in [1.165, 1.54) is 0 Å². The third-order valence-corrected chi connectivity index (χ3v) is 2.51. The summed E-state index contributed by atoms with van der Waals surface area (Å²) in [7, 11) is 2.12. The van der Waals surface area contributed by atoms with Crippen molar-refractivity contribution >= 4 is 0 Å². The van der Waals surface area contributed by atoms with Crippen molar-refractivity contribution in [3.63, 3.8) is 0 Å². The fraction of sp³-hybridized carbons (Fsp3) is 1.00. The molecule has 0 aromatic rings. The Kier molecular flexibility index (Phi) is 3.71. The summed E-state index contributed by atoms with van der Waals surface area (Å²) in [6.07, 6.45) is 0.248. The van der Waals surface area contributed by atoms with Crippen molar-refractivity contribution in [3.8, 4) is 0 Å². The average Bonchev–Trinajstić information content (AvgIpc) is 2.04. The number of nitrogens with zero attached hydrogens (tertiary/aromatic N) is 1. The second kappa shape index (κ2) is 4.40. The number of likely N-dealkylation sites (N-methyl/N-ethyl adjacent to an activating group) is 1. The van der Waals surface area contributed by atoms with Crippen LogP contribution in [0.25, 0.3) is 0 Å². The normalized spacial score (nSPS) is 25.2. The third kappa shape index (κ3) is 3.63. The lowest BCUT2D eigenvalue weighted by Gasteiger charge is -2.35. The van der Waals surface area contributed by atoms with Gasteiger partial charge in [0.1, 0.15) is 0 Å². The van der Waals surface area contributed by atoms with Crippen LogP contribution in [0.4, 0.5) is 0 Å². The summed E-state index contributed by atoms with van der Waals surface area (Å²) in [6.45, 7) is 9.78. The van der Waals surface area contributed by atoms with E-state index in [0.29, 0.717) is 0 Å². The molecular weight excluding hydrogens is 166 g/mol. The molecule has 1 heterocycles. The van der Waals surface area contributed by atoms with Gasteiger partial charge in [-0.05, 0) is 27.8 Å². The summed E-state index contributed by atoms with van der Waals surface area (Å²) in [5.74, 6) is 0. The van der Waals surface area contributed by atoms with Crippen LogP contribution in [-0.2, 0) is 9.47 Å². The van der Waals surface area contributed by atoms with Gasteiger partial charge < -0.3 is 9.47 Å². The molecule has 78 valence electrons. The van der Waals surface area contributed by atoms with Crippen LogP contribution in [0.1, 0.15) is 20.8 Å². The maximum absolute atomic E-state index is 5.58. The van der Waals surface area contributed by atoms with E-state index < -0.39 is 0 Å². The van der Waals surface area contributed by atoms with Crippen molar-refractivity contribution in [1.82, 2.24) is 4.90 Å². The van der Waals surface area contributed by atoms with Gasteiger partial charge in [-0.15, -0.1) is 0 Å². The standard InChI is InChI=1S/C10H21NO2/c1-10(2,3)11(4)7-9-8-12-5-6-13-9/h9H,5-8H2,1-4H3. The van der Waals surface area contributed by atoms with Gasteiger partial charge in [-0.25, -0.2) is 0 Å². The van der Waals surface area contributed by atoms with Crippen LogP contribution >= 0.6 is 0 Å². The molecule has 0 saturated carbocycles. The highest BCUT2D eigenvalue weighted by molar-refractivity contribution is 4.76. The Morgan fingerprint density at radius 3 is 2.46 bits per heavy atom. The molecule has 1 atom stereocenters. The first-order valence-corrected chi connectivity index (χ1v) is 4.91. The Morgan fingerprint density at radius 2 is 2.00 bits per heavy atom. The molecule has 0 bridgehead atoms. The molecule has 1 aliphatic rings. The highest BCUT2D eigenvalue weighted by Gasteiger charge is 2.22. The Hall–Kier alpha value is -0.120. The quantitative estimate of drug-likeness (QED) is 0.647. The summed E-state index contributed by atoms with van der Waals surface area (Å²) in [5.41, 5.74) is 0.209. The number of hydrogen-bond acceptors (Lipinski definition) is 3. The van der Waals surface area contributed by atoms with Gasteiger partial charge in [-0.2, -0.15) is 0 Å². The van der Waals surface area contributed by atoms with Crippen molar-refractivity contribution in [1.29, 1.82) is 0 Å². The fourth-order valence-electron chi connectivity index (χ4n) is 1.22. The minimum Gasteiger partial charge on any atom is -0.376 e. The zero-order valence-electron chi connectivity index (χ0n) is 9.17. The Labute approximate surface area is 81.0 Å². The lowest BCUT2D eigenvalue weighted by atomic mass is 10.1. The van der Waals surface area contributed by atoms with Crippen molar-refractivity contribution in [3.05, 3.63) is 0 Å². The number of hydrogen-bond donors (Lipinski definition) is 0. The summed E-state index contributed by atoms with van der Waals surface area (Å²) in [6, 6.07) is 0. The van der Waals surface area contributed by atoms with E-state index >= 15 is 0 Å². The molecule has 0 amide bonds. The van der Waals surface area contributed by atoms with Gasteiger partial charge in [0.15, 0.2) is 0 Å². The van der Waals surface area contributed by atoms with Gasteiger partial charge in [-0.3, -0.25) is 4.90 Å². The molecule has 13 heavy (non-hydrogen) atoms. The predicted octanol–water partition coefficient (Wildman–Crippen LogP) is 1.13. The highest BCUT2D eigenvalue weighted by atomic mass is 16.6. The molecule has 0 radical (unpaired) electrons. The Morgan fingerprint density at radius 1 is 1.31 bits per heavy atom. The van der Waals surface area contributed by atoms with Gasteiger partial charge in [0, 0.05) is 12.1 Å². The van der Waals surface area contributed by atoms with Gasteiger partial charge >= 0.3 is 0 Å². The van der Waals surface area contributed by atoms with E-state index in [9.17, 15) is 0 Å².